The summed E-state index contributed by atoms with van der Waals surface area (Å²) in [6.45, 7) is 5.65. The molecule has 7 nitrogen and oxygen atoms in total. The van der Waals surface area contributed by atoms with Crippen molar-refractivity contribution in [1.82, 2.24) is 20.3 Å². The lowest BCUT2D eigenvalue weighted by atomic mass is 10.0. The topological polar surface area (TPSA) is 78.7 Å². The van der Waals surface area contributed by atoms with Crippen molar-refractivity contribution in [1.29, 1.82) is 0 Å². The zero-order valence-corrected chi connectivity index (χ0v) is 15.9. The van der Waals surface area contributed by atoms with Crippen molar-refractivity contribution in [2.24, 2.45) is 0 Å². The number of aryl methyl sites for hydroxylation is 1. The van der Waals surface area contributed by atoms with Crippen molar-refractivity contribution >= 4 is 22.7 Å². The van der Waals surface area contributed by atoms with Gasteiger partial charge >= 0.3 is 0 Å². The van der Waals surface area contributed by atoms with E-state index in [2.05, 4.69) is 10.4 Å². The Kier molecular flexibility index (Phi) is 4.83. The van der Waals surface area contributed by atoms with Crippen molar-refractivity contribution in [2.75, 3.05) is 26.2 Å². The van der Waals surface area contributed by atoms with Crippen LogP contribution < -0.4 is 5.43 Å². The molecular weight excluding hydrogens is 356 g/mol. The number of piperazine rings is 1. The number of rotatable bonds is 3. The smallest absolute Gasteiger partial charge is 0.254 e. The van der Waals surface area contributed by atoms with Gasteiger partial charge in [-0.3, -0.25) is 15.0 Å². The second kappa shape index (κ2) is 7.44. The van der Waals surface area contributed by atoms with Gasteiger partial charge in [-0.05, 0) is 31.2 Å². The summed E-state index contributed by atoms with van der Waals surface area (Å²) in [5, 5.41) is 2.66. The molecule has 1 fully saturated rings. The normalized spacial score (nSPS) is 15.0. The van der Waals surface area contributed by atoms with Gasteiger partial charge in [-0.1, -0.05) is 18.2 Å². The molecule has 3 heterocycles. The monoisotopic (exact) mass is 378 g/mol. The molecule has 2 amide bonds. The van der Waals surface area contributed by atoms with Crippen LogP contribution in [0.15, 0.2) is 46.9 Å². The molecule has 0 spiro atoms. The van der Waals surface area contributed by atoms with E-state index in [0.29, 0.717) is 43.2 Å². The quantitative estimate of drug-likeness (QED) is 0.758. The summed E-state index contributed by atoms with van der Waals surface area (Å²) in [4.78, 5) is 31.0. The maximum Gasteiger partial charge on any atom is 0.254 e. The number of benzene rings is 1. The van der Waals surface area contributed by atoms with Crippen molar-refractivity contribution in [3.8, 4) is 11.5 Å². The van der Waals surface area contributed by atoms with Gasteiger partial charge in [0.05, 0.1) is 11.1 Å². The number of pyridine rings is 1. The standard InChI is InChI=1S/C21H22N4O3/c1-14-7-8-20(28-14)19-13-17(16-5-3-4-6-18(16)22-19)21(27)24-9-11-25(12-10-24)23-15(2)26/h3-8,13H,9-12H2,1-2H3,(H,23,26). The minimum Gasteiger partial charge on any atom is -0.460 e. The molecule has 1 N–H and O–H groups in total. The molecule has 0 bridgehead atoms. The number of nitrogens with one attached hydrogen (secondary N) is 1. The molecule has 0 aliphatic carbocycles. The predicted octanol–water partition coefficient (Wildman–Crippen LogP) is 2.61. The number of furan rings is 1. The first-order valence-electron chi connectivity index (χ1n) is 9.29. The SMILES string of the molecule is CC(=O)NN1CCN(C(=O)c2cc(-c3ccc(C)o3)nc3ccccc23)CC1. The summed E-state index contributed by atoms with van der Waals surface area (Å²) in [6, 6.07) is 13.2. The van der Waals surface area contributed by atoms with Crippen LogP contribution in [0.1, 0.15) is 23.0 Å². The largest absolute Gasteiger partial charge is 0.460 e. The maximum atomic E-state index is 13.3. The van der Waals surface area contributed by atoms with Gasteiger partial charge in [0.25, 0.3) is 5.91 Å². The Hall–Kier alpha value is -3.19. The molecule has 1 aromatic carbocycles. The average molecular weight is 378 g/mol. The fourth-order valence-corrected chi connectivity index (χ4v) is 3.47. The number of carbonyl (C=O) groups excluding carboxylic acids is 2. The van der Waals surface area contributed by atoms with Gasteiger partial charge in [0.2, 0.25) is 5.91 Å². The molecule has 1 aliphatic rings. The Balaban J connectivity index is 1.66. The molecule has 2 aromatic heterocycles. The van der Waals surface area contributed by atoms with E-state index in [1.807, 2.05) is 59.3 Å². The zero-order chi connectivity index (χ0) is 19.7. The Morgan fingerprint density at radius 3 is 2.50 bits per heavy atom. The van der Waals surface area contributed by atoms with Crippen molar-refractivity contribution in [3.05, 3.63) is 53.8 Å². The summed E-state index contributed by atoms with van der Waals surface area (Å²) < 4.78 is 5.72. The molecule has 4 rings (SSSR count). The number of para-hydroxylation sites is 1. The van der Waals surface area contributed by atoms with Crippen LogP contribution in [0.4, 0.5) is 0 Å². The average Bonchev–Trinajstić information content (AvgIpc) is 3.13. The summed E-state index contributed by atoms with van der Waals surface area (Å²) in [7, 11) is 0. The second-order valence-electron chi connectivity index (χ2n) is 6.93. The number of hydrazine groups is 1. The fourth-order valence-electron chi connectivity index (χ4n) is 3.47. The van der Waals surface area contributed by atoms with Gasteiger partial charge in [-0.15, -0.1) is 0 Å². The first-order valence-corrected chi connectivity index (χ1v) is 9.29. The van der Waals surface area contributed by atoms with E-state index in [4.69, 9.17) is 4.42 Å². The van der Waals surface area contributed by atoms with E-state index < -0.39 is 0 Å². The van der Waals surface area contributed by atoms with Crippen LogP contribution in [0.5, 0.6) is 0 Å². The third-order valence-corrected chi connectivity index (χ3v) is 4.82. The van der Waals surface area contributed by atoms with Gasteiger partial charge in [-0.2, -0.15) is 0 Å². The Bertz CT molecular complexity index is 1040. The first-order chi connectivity index (χ1) is 13.5. The lowest BCUT2D eigenvalue weighted by molar-refractivity contribution is -0.124. The highest BCUT2D eigenvalue weighted by atomic mass is 16.3. The van der Waals surface area contributed by atoms with Gasteiger partial charge in [-0.25, -0.2) is 9.99 Å². The number of carbonyl (C=O) groups is 2. The minimum absolute atomic E-state index is 0.0365. The van der Waals surface area contributed by atoms with Gasteiger partial charge in [0.15, 0.2) is 5.76 Å². The van der Waals surface area contributed by atoms with E-state index in [1.54, 1.807) is 0 Å². The zero-order valence-electron chi connectivity index (χ0n) is 15.9. The minimum atomic E-state index is -0.0988. The van der Waals surface area contributed by atoms with E-state index in [0.717, 1.165) is 16.7 Å². The molecule has 0 radical (unpaired) electrons. The van der Waals surface area contributed by atoms with Crippen LogP contribution >= 0.6 is 0 Å². The lowest BCUT2D eigenvalue weighted by Gasteiger charge is -2.34. The summed E-state index contributed by atoms with van der Waals surface area (Å²) >= 11 is 0. The number of aromatic nitrogens is 1. The van der Waals surface area contributed by atoms with E-state index >= 15 is 0 Å². The van der Waals surface area contributed by atoms with Crippen LogP contribution in [-0.2, 0) is 4.79 Å². The highest BCUT2D eigenvalue weighted by Gasteiger charge is 2.25. The van der Waals surface area contributed by atoms with Gasteiger partial charge in [0.1, 0.15) is 11.5 Å². The third kappa shape index (κ3) is 3.61. The molecule has 0 unspecified atom stereocenters. The number of hydrogen-bond acceptors (Lipinski definition) is 5. The molecule has 0 saturated carbocycles. The van der Waals surface area contributed by atoms with Gasteiger partial charge < -0.3 is 9.32 Å². The lowest BCUT2D eigenvalue weighted by Crippen LogP contribution is -2.54. The van der Waals surface area contributed by atoms with Crippen LogP contribution in [0, 0.1) is 6.92 Å². The Morgan fingerprint density at radius 1 is 1.07 bits per heavy atom. The highest BCUT2D eigenvalue weighted by Crippen LogP contribution is 2.27. The number of hydrogen-bond donors (Lipinski definition) is 1. The number of fused-ring (bicyclic) bond motifs is 1. The van der Waals surface area contributed by atoms with E-state index in [9.17, 15) is 9.59 Å². The van der Waals surface area contributed by atoms with Gasteiger partial charge in [0, 0.05) is 38.5 Å². The van der Waals surface area contributed by atoms with Crippen LogP contribution in [0.3, 0.4) is 0 Å². The van der Waals surface area contributed by atoms with Crippen molar-refractivity contribution in [3.63, 3.8) is 0 Å². The van der Waals surface area contributed by atoms with Crippen molar-refractivity contribution in [2.45, 2.75) is 13.8 Å². The van der Waals surface area contributed by atoms with Crippen LogP contribution in [0.25, 0.3) is 22.4 Å². The van der Waals surface area contributed by atoms with Crippen LogP contribution in [-0.4, -0.2) is 52.9 Å². The Morgan fingerprint density at radius 2 is 1.82 bits per heavy atom. The Labute approximate surface area is 162 Å². The number of nitrogens with zero attached hydrogens (tertiary/aromatic N) is 3. The molecule has 3 aromatic rings. The summed E-state index contributed by atoms with van der Waals surface area (Å²) in [6.07, 6.45) is 0. The molecule has 28 heavy (non-hydrogen) atoms. The van der Waals surface area contributed by atoms with E-state index in [1.165, 1.54) is 6.92 Å². The predicted molar refractivity (Wildman–Crippen MR) is 105 cm³/mol. The van der Waals surface area contributed by atoms with Crippen LogP contribution in [0.2, 0.25) is 0 Å². The highest BCUT2D eigenvalue weighted by molar-refractivity contribution is 6.07. The van der Waals surface area contributed by atoms with E-state index in [-0.39, 0.29) is 11.8 Å². The fraction of sp³-hybridized carbons (Fsp3) is 0.286. The summed E-state index contributed by atoms with van der Waals surface area (Å²) in [5.74, 6) is 1.31. The second-order valence-corrected chi connectivity index (χ2v) is 6.93. The summed E-state index contributed by atoms with van der Waals surface area (Å²) in [5.41, 5.74) is 4.80. The first kappa shape index (κ1) is 18.2. The molecule has 7 heteroatoms. The third-order valence-electron chi connectivity index (χ3n) is 4.82. The number of amides is 2. The molecule has 144 valence electrons. The molecule has 1 saturated heterocycles. The molecule has 0 atom stereocenters. The van der Waals surface area contributed by atoms with Crippen molar-refractivity contribution < 1.29 is 14.0 Å². The molecule has 1 aliphatic heterocycles. The molecular formula is C21H22N4O3. The maximum absolute atomic E-state index is 13.3.